The maximum Gasteiger partial charge on any atom is 0.251 e. The van der Waals surface area contributed by atoms with Crippen LogP contribution in [0.3, 0.4) is 0 Å². The summed E-state index contributed by atoms with van der Waals surface area (Å²) in [5.74, 6) is -0.531. The summed E-state index contributed by atoms with van der Waals surface area (Å²) >= 11 is 0. The standard InChI is InChI=1S/C18H15F2N5/c19-13-7-8-15(14(20)10-13)22-17-11-21-24-18(23-17)25-9-3-5-12-4-1-2-6-16(12)25/h1-2,4,6-8,10-11H,3,5,9H2,(H,22,23,24). The molecule has 0 radical (unpaired) electrons. The Bertz CT molecular complexity index is 915. The highest BCUT2D eigenvalue weighted by molar-refractivity contribution is 5.64. The number of hydrogen-bond acceptors (Lipinski definition) is 5. The number of aryl methyl sites for hydroxylation is 1. The van der Waals surface area contributed by atoms with Gasteiger partial charge in [0.1, 0.15) is 11.6 Å². The first-order valence-corrected chi connectivity index (χ1v) is 7.98. The van der Waals surface area contributed by atoms with E-state index in [9.17, 15) is 8.78 Å². The molecule has 2 heterocycles. The zero-order chi connectivity index (χ0) is 17.2. The average molecular weight is 339 g/mol. The number of benzene rings is 2. The number of fused-ring (bicyclic) bond motifs is 1. The third kappa shape index (κ3) is 3.13. The Morgan fingerprint density at radius 2 is 1.96 bits per heavy atom. The molecule has 25 heavy (non-hydrogen) atoms. The minimum Gasteiger partial charge on any atom is -0.336 e. The average Bonchev–Trinajstić information content (AvgIpc) is 2.64. The van der Waals surface area contributed by atoms with Crippen LogP contribution in [0.4, 0.5) is 31.9 Å². The van der Waals surface area contributed by atoms with Crippen LogP contribution in [0, 0.1) is 11.6 Å². The highest BCUT2D eigenvalue weighted by Gasteiger charge is 2.20. The van der Waals surface area contributed by atoms with Crippen molar-refractivity contribution in [1.82, 2.24) is 15.2 Å². The molecule has 0 fully saturated rings. The van der Waals surface area contributed by atoms with Gasteiger partial charge in [-0.25, -0.2) is 8.78 Å². The Labute approximate surface area is 143 Å². The van der Waals surface area contributed by atoms with Crippen LogP contribution in [0.1, 0.15) is 12.0 Å². The molecule has 4 rings (SSSR count). The van der Waals surface area contributed by atoms with E-state index in [0.29, 0.717) is 11.8 Å². The van der Waals surface area contributed by atoms with Gasteiger partial charge in [0.15, 0.2) is 5.82 Å². The third-order valence-corrected chi connectivity index (χ3v) is 4.09. The van der Waals surface area contributed by atoms with Gasteiger partial charge in [-0.05, 0) is 36.6 Å². The fraction of sp³-hybridized carbons (Fsp3) is 0.167. The van der Waals surface area contributed by atoms with Gasteiger partial charge >= 0.3 is 0 Å². The molecule has 0 atom stereocenters. The highest BCUT2D eigenvalue weighted by atomic mass is 19.1. The molecule has 2 aromatic carbocycles. The first kappa shape index (κ1) is 15.4. The minimum absolute atomic E-state index is 0.131. The van der Waals surface area contributed by atoms with Crippen LogP contribution in [0.15, 0.2) is 48.7 Å². The van der Waals surface area contributed by atoms with E-state index in [-0.39, 0.29) is 5.69 Å². The summed E-state index contributed by atoms with van der Waals surface area (Å²) in [7, 11) is 0. The number of para-hydroxylation sites is 1. The molecular weight excluding hydrogens is 324 g/mol. The molecule has 1 aliphatic heterocycles. The zero-order valence-electron chi connectivity index (χ0n) is 13.3. The smallest absolute Gasteiger partial charge is 0.251 e. The van der Waals surface area contributed by atoms with Gasteiger partial charge in [-0.3, -0.25) is 0 Å². The molecule has 0 unspecified atom stereocenters. The van der Waals surface area contributed by atoms with Crippen LogP contribution in [0.5, 0.6) is 0 Å². The number of rotatable bonds is 3. The van der Waals surface area contributed by atoms with Crippen molar-refractivity contribution in [3.63, 3.8) is 0 Å². The first-order valence-electron chi connectivity index (χ1n) is 7.98. The van der Waals surface area contributed by atoms with Gasteiger partial charge in [0.05, 0.1) is 11.9 Å². The fourth-order valence-corrected chi connectivity index (χ4v) is 2.94. The van der Waals surface area contributed by atoms with E-state index in [4.69, 9.17) is 0 Å². The Morgan fingerprint density at radius 3 is 2.84 bits per heavy atom. The van der Waals surface area contributed by atoms with Gasteiger partial charge < -0.3 is 10.2 Å². The second kappa shape index (κ2) is 6.43. The second-order valence-corrected chi connectivity index (χ2v) is 5.77. The van der Waals surface area contributed by atoms with Crippen LogP contribution in [-0.4, -0.2) is 21.7 Å². The van der Waals surface area contributed by atoms with Crippen LogP contribution in [-0.2, 0) is 6.42 Å². The van der Waals surface area contributed by atoms with Gasteiger partial charge in [0.2, 0.25) is 0 Å². The Hall–Kier alpha value is -3.09. The predicted molar refractivity (Wildman–Crippen MR) is 91.2 cm³/mol. The molecule has 0 saturated heterocycles. The van der Waals surface area contributed by atoms with E-state index in [0.717, 1.165) is 31.1 Å². The van der Waals surface area contributed by atoms with Crippen molar-refractivity contribution in [3.8, 4) is 0 Å². The van der Waals surface area contributed by atoms with E-state index in [2.05, 4.69) is 26.6 Å². The molecule has 1 aliphatic rings. The normalized spacial score (nSPS) is 13.4. The van der Waals surface area contributed by atoms with E-state index in [1.165, 1.54) is 23.9 Å². The predicted octanol–water partition coefficient (Wildman–Crippen LogP) is 3.98. The fourth-order valence-electron chi connectivity index (χ4n) is 2.94. The van der Waals surface area contributed by atoms with Gasteiger partial charge in [0.25, 0.3) is 5.95 Å². The molecule has 5 nitrogen and oxygen atoms in total. The molecule has 3 aromatic rings. The van der Waals surface area contributed by atoms with Crippen LogP contribution < -0.4 is 10.2 Å². The summed E-state index contributed by atoms with van der Waals surface area (Å²) in [5.41, 5.74) is 2.42. The van der Waals surface area contributed by atoms with Gasteiger partial charge in [-0.15, -0.1) is 5.10 Å². The largest absolute Gasteiger partial charge is 0.336 e. The summed E-state index contributed by atoms with van der Waals surface area (Å²) in [4.78, 5) is 6.43. The molecule has 0 spiro atoms. The molecule has 0 amide bonds. The van der Waals surface area contributed by atoms with Gasteiger partial charge in [-0.2, -0.15) is 10.1 Å². The molecule has 7 heteroatoms. The molecule has 0 aliphatic carbocycles. The quantitative estimate of drug-likeness (QED) is 0.782. The summed E-state index contributed by atoms with van der Waals surface area (Å²) in [5, 5.41) is 10.9. The Morgan fingerprint density at radius 1 is 1.08 bits per heavy atom. The van der Waals surface area contributed by atoms with Crippen LogP contribution >= 0.6 is 0 Å². The molecule has 1 N–H and O–H groups in total. The summed E-state index contributed by atoms with van der Waals surface area (Å²) in [6.45, 7) is 0.785. The highest BCUT2D eigenvalue weighted by Crippen LogP contribution is 2.31. The lowest BCUT2D eigenvalue weighted by Gasteiger charge is -2.29. The molecule has 126 valence electrons. The minimum atomic E-state index is -0.691. The number of nitrogens with one attached hydrogen (secondary N) is 1. The van der Waals surface area contributed by atoms with Crippen molar-refractivity contribution < 1.29 is 8.78 Å². The van der Waals surface area contributed by atoms with Crippen molar-refractivity contribution in [2.24, 2.45) is 0 Å². The monoisotopic (exact) mass is 339 g/mol. The second-order valence-electron chi connectivity index (χ2n) is 5.77. The maximum atomic E-state index is 13.8. The van der Waals surface area contributed by atoms with Gasteiger partial charge in [0, 0.05) is 18.3 Å². The van der Waals surface area contributed by atoms with Crippen molar-refractivity contribution in [2.75, 3.05) is 16.8 Å². The number of aromatic nitrogens is 3. The van der Waals surface area contributed by atoms with E-state index in [1.807, 2.05) is 23.1 Å². The Balaban J connectivity index is 1.64. The number of anilines is 4. The number of halogens is 2. The van der Waals surface area contributed by atoms with E-state index in [1.54, 1.807) is 0 Å². The summed E-state index contributed by atoms with van der Waals surface area (Å²) in [6.07, 6.45) is 3.41. The summed E-state index contributed by atoms with van der Waals surface area (Å²) < 4.78 is 26.8. The SMILES string of the molecule is Fc1ccc(Nc2cnnc(N3CCCc4ccccc43)n2)c(F)c1. The topological polar surface area (TPSA) is 53.9 Å². The lowest BCUT2D eigenvalue weighted by molar-refractivity contribution is 0.586. The molecule has 0 saturated carbocycles. The summed E-state index contributed by atoms with van der Waals surface area (Å²) in [6, 6.07) is 11.4. The zero-order valence-corrected chi connectivity index (χ0v) is 13.3. The Kier molecular flexibility index (Phi) is 3.97. The molecule has 0 bridgehead atoms. The van der Waals surface area contributed by atoms with Crippen molar-refractivity contribution in [3.05, 3.63) is 65.9 Å². The first-order chi connectivity index (χ1) is 12.2. The number of hydrogen-bond donors (Lipinski definition) is 1. The van der Waals surface area contributed by atoms with E-state index < -0.39 is 11.6 Å². The maximum absolute atomic E-state index is 13.8. The van der Waals surface area contributed by atoms with Crippen LogP contribution in [0.2, 0.25) is 0 Å². The van der Waals surface area contributed by atoms with Crippen molar-refractivity contribution >= 4 is 23.1 Å². The lowest BCUT2D eigenvalue weighted by atomic mass is 10.0. The number of nitrogens with zero attached hydrogens (tertiary/aromatic N) is 4. The van der Waals surface area contributed by atoms with Crippen molar-refractivity contribution in [2.45, 2.75) is 12.8 Å². The van der Waals surface area contributed by atoms with E-state index >= 15 is 0 Å². The lowest BCUT2D eigenvalue weighted by Crippen LogP contribution is -2.26. The van der Waals surface area contributed by atoms with Gasteiger partial charge in [-0.1, -0.05) is 18.2 Å². The molecule has 1 aromatic heterocycles. The van der Waals surface area contributed by atoms with Crippen molar-refractivity contribution in [1.29, 1.82) is 0 Å². The molecular formula is C18H15F2N5. The third-order valence-electron chi connectivity index (χ3n) is 4.09. The van der Waals surface area contributed by atoms with Crippen LogP contribution in [0.25, 0.3) is 0 Å².